The maximum atomic E-state index is 14.0. The van der Waals surface area contributed by atoms with Crippen molar-refractivity contribution in [3.8, 4) is 11.8 Å². The normalized spacial score (nSPS) is 20.9. The molecule has 3 nitrogen and oxygen atoms in total. The number of nitrogens with zero attached hydrogens (tertiary/aromatic N) is 1. The number of hydrogen-bond acceptors (Lipinski definition) is 3. The van der Waals surface area contributed by atoms with Gasteiger partial charge in [-0.25, -0.2) is 4.39 Å². The van der Waals surface area contributed by atoms with E-state index in [1.165, 1.54) is 30.3 Å². The molecule has 8 heteroatoms. The van der Waals surface area contributed by atoms with Crippen LogP contribution in [-0.4, -0.2) is 23.5 Å². The lowest BCUT2D eigenvalue weighted by atomic mass is 9.69. The first-order valence-corrected chi connectivity index (χ1v) is 9.26. The predicted molar refractivity (Wildman–Crippen MR) is 99.4 cm³/mol. The number of nitriles is 1. The summed E-state index contributed by atoms with van der Waals surface area (Å²) in [7, 11) is 0. The van der Waals surface area contributed by atoms with Crippen molar-refractivity contribution < 1.29 is 27.4 Å². The van der Waals surface area contributed by atoms with Gasteiger partial charge in [-0.15, -0.1) is 0 Å². The van der Waals surface area contributed by atoms with Crippen LogP contribution in [0.2, 0.25) is 5.02 Å². The molecule has 2 atom stereocenters. The van der Waals surface area contributed by atoms with Gasteiger partial charge in [-0.1, -0.05) is 24.6 Å². The van der Waals surface area contributed by atoms with Crippen molar-refractivity contribution in [1.29, 1.82) is 5.26 Å². The summed E-state index contributed by atoms with van der Waals surface area (Å²) in [5, 5.41) is 19.6. The number of hydrogen-bond donors (Lipinski definition) is 1. The molecule has 1 N–H and O–H groups in total. The smallest absolute Gasteiger partial charge is 0.417 e. The van der Waals surface area contributed by atoms with Crippen LogP contribution in [0.5, 0.6) is 5.75 Å². The molecule has 0 radical (unpaired) electrons. The van der Waals surface area contributed by atoms with Crippen LogP contribution in [0.4, 0.5) is 17.6 Å². The number of halogens is 5. The van der Waals surface area contributed by atoms with E-state index in [0.29, 0.717) is 5.75 Å². The molecular formula is C21H18ClF4NO2. The van der Waals surface area contributed by atoms with Crippen LogP contribution in [0.25, 0.3) is 0 Å². The van der Waals surface area contributed by atoms with E-state index in [9.17, 15) is 22.7 Å². The topological polar surface area (TPSA) is 53.2 Å². The molecule has 0 spiro atoms. The summed E-state index contributed by atoms with van der Waals surface area (Å²) >= 11 is 6.04. The highest BCUT2D eigenvalue weighted by atomic mass is 35.5. The predicted octanol–water partition coefficient (Wildman–Crippen LogP) is 5.32. The van der Waals surface area contributed by atoms with E-state index in [2.05, 4.69) is 0 Å². The van der Waals surface area contributed by atoms with Gasteiger partial charge in [0.25, 0.3) is 0 Å². The fourth-order valence-corrected chi connectivity index (χ4v) is 4.04. The SMILES string of the molecule is CC1(CC(O)(Cc2ccc(C#N)cc2Cl)C(F)(F)F)CCOc2ccc(F)cc21. The van der Waals surface area contributed by atoms with Crippen molar-refractivity contribution in [3.63, 3.8) is 0 Å². The molecule has 0 fully saturated rings. The van der Waals surface area contributed by atoms with Crippen LogP contribution in [0.15, 0.2) is 36.4 Å². The summed E-state index contributed by atoms with van der Waals surface area (Å²) in [4.78, 5) is 0. The van der Waals surface area contributed by atoms with Crippen LogP contribution in [0.3, 0.4) is 0 Å². The molecule has 2 aromatic rings. The van der Waals surface area contributed by atoms with Gasteiger partial charge >= 0.3 is 6.18 Å². The lowest BCUT2D eigenvalue weighted by Gasteiger charge is -2.42. The van der Waals surface area contributed by atoms with Gasteiger partial charge in [0.05, 0.1) is 18.2 Å². The zero-order valence-electron chi connectivity index (χ0n) is 15.5. The van der Waals surface area contributed by atoms with Gasteiger partial charge < -0.3 is 9.84 Å². The molecule has 2 unspecified atom stereocenters. The molecule has 0 saturated heterocycles. The quantitative estimate of drug-likeness (QED) is 0.672. The third kappa shape index (κ3) is 4.19. The molecule has 2 aromatic carbocycles. The second-order valence-electron chi connectivity index (χ2n) is 7.60. The summed E-state index contributed by atoms with van der Waals surface area (Å²) < 4.78 is 61.2. The molecule has 0 bridgehead atoms. The number of aliphatic hydroxyl groups is 1. The van der Waals surface area contributed by atoms with E-state index in [1.54, 1.807) is 6.92 Å². The minimum Gasteiger partial charge on any atom is -0.493 e. The van der Waals surface area contributed by atoms with Crippen molar-refractivity contribution >= 4 is 11.6 Å². The highest BCUT2D eigenvalue weighted by molar-refractivity contribution is 6.31. The van der Waals surface area contributed by atoms with Crippen LogP contribution in [-0.2, 0) is 11.8 Å². The summed E-state index contributed by atoms with van der Waals surface area (Å²) in [6.07, 6.45) is -6.26. The average Bonchev–Trinajstić information content (AvgIpc) is 2.63. The monoisotopic (exact) mass is 427 g/mol. The summed E-state index contributed by atoms with van der Waals surface area (Å²) in [6, 6.07) is 9.48. The Balaban J connectivity index is 2.01. The standard InChI is InChI=1S/C21H18ClF4NO2/c1-19(6-7-29-18-5-4-15(23)9-16(18)19)12-20(28,21(24,25)26)10-14-3-2-13(11-27)8-17(14)22/h2-5,8-9,28H,6-7,10,12H2,1H3. The van der Waals surface area contributed by atoms with E-state index >= 15 is 0 Å². The molecular weight excluding hydrogens is 410 g/mol. The van der Waals surface area contributed by atoms with E-state index in [0.717, 1.165) is 6.07 Å². The average molecular weight is 428 g/mol. The number of rotatable bonds is 4. The number of alkyl halides is 3. The second-order valence-corrected chi connectivity index (χ2v) is 8.01. The van der Waals surface area contributed by atoms with Gasteiger partial charge in [-0.05, 0) is 48.7 Å². The molecule has 1 heterocycles. The molecule has 1 aliphatic heterocycles. The van der Waals surface area contributed by atoms with E-state index in [1.807, 2.05) is 6.07 Å². The maximum Gasteiger partial charge on any atom is 0.417 e. The van der Waals surface area contributed by atoms with Gasteiger partial charge in [-0.3, -0.25) is 0 Å². The first kappa shape index (κ1) is 21.4. The molecule has 1 aliphatic rings. The largest absolute Gasteiger partial charge is 0.493 e. The maximum absolute atomic E-state index is 14.0. The Morgan fingerprint density at radius 3 is 2.59 bits per heavy atom. The van der Waals surface area contributed by atoms with E-state index in [-0.39, 0.29) is 34.7 Å². The third-order valence-electron chi connectivity index (χ3n) is 5.38. The fraction of sp³-hybridized carbons (Fsp3) is 0.381. The summed E-state index contributed by atoms with van der Waals surface area (Å²) in [5.41, 5.74) is -3.72. The summed E-state index contributed by atoms with van der Waals surface area (Å²) in [6.45, 7) is 1.71. The molecule has 0 aliphatic carbocycles. The van der Waals surface area contributed by atoms with Crippen LogP contribution in [0.1, 0.15) is 36.5 Å². The molecule has 29 heavy (non-hydrogen) atoms. The third-order valence-corrected chi connectivity index (χ3v) is 5.73. The van der Waals surface area contributed by atoms with Crippen LogP contribution >= 0.6 is 11.6 Å². The molecule has 3 rings (SSSR count). The lowest BCUT2D eigenvalue weighted by molar-refractivity contribution is -0.267. The van der Waals surface area contributed by atoms with Crippen molar-refractivity contribution in [2.75, 3.05) is 6.61 Å². The summed E-state index contributed by atoms with van der Waals surface area (Å²) in [5.74, 6) is -0.285. The van der Waals surface area contributed by atoms with Gasteiger partial charge in [0.1, 0.15) is 11.6 Å². The molecule has 0 amide bonds. The number of fused-ring (bicyclic) bond motifs is 1. The van der Waals surface area contributed by atoms with Crippen molar-refractivity contribution in [1.82, 2.24) is 0 Å². The second kappa shape index (κ2) is 7.51. The van der Waals surface area contributed by atoms with Gasteiger partial charge in [0, 0.05) is 22.4 Å². The molecule has 0 aromatic heterocycles. The van der Waals surface area contributed by atoms with Crippen molar-refractivity contribution in [2.45, 2.75) is 43.4 Å². The minimum absolute atomic E-state index is 0.0321. The zero-order valence-corrected chi connectivity index (χ0v) is 16.2. The van der Waals surface area contributed by atoms with E-state index in [4.69, 9.17) is 21.6 Å². The Hall–Kier alpha value is -2.30. The Labute approximate surface area is 170 Å². The molecule has 0 saturated carbocycles. The van der Waals surface area contributed by atoms with Crippen LogP contribution < -0.4 is 4.74 Å². The van der Waals surface area contributed by atoms with Crippen LogP contribution in [0, 0.1) is 17.1 Å². The molecule has 154 valence electrons. The van der Waals surface area contributed by atoms with E-state index < -0.39 is 35.9 Å². The lowest BCUT2D eigenvalue weighted by Crippen LogP contribution is -2.52. The number of ether oxygens (including phenoxy) is 1. The Morgan fingerprint density at radius 1 is 1.24 bits per heavy atom. The highest BCUT2D eigenvalue weighted by Crippen LogP contribution is 2.48. The van der Waals surface area contributed by atoms with Gasteiger partial charge in [0.2, 0.25) is 0 Å². The Morgan fingerprint density at radius 2 is 1.97 bits per heavy atom. The fourth-order valence-electron chi connectivity index (χ4n) is 3.79. The first-order chi connectivity index (χ1) is 13.5. The minimum atomic E-state index is -4.96. The first-order valence-electron chi connectivity index (χ1n) is 8.88. The Kier molecular flexibility index (Phi) is 5.54. The van der Waals surface area contributed by atoms with Gasteiger partial charge in [0.15, 0.2) is 5.60 Å². The van der Waals surface area contributed by atoms with Gasteiger partial charge in [-0.2, -0.15) is 18.4 Å². The highest BCUT2D eigenvalue weighted by Gasteiger charge is 2.57. The van der Waals surface area contributed by atoms with Crippen molar-refractivity contribution in [2.24, 2.45) is 0 Å². The number of benzene rings is 2. The zero-order chi connectivity index (χ0) is 21.4. The Bertz CT molecular complexity index is 972. The van der Waals surface area contributed by atoms with Crippen molar-refractivity contribution in [3.05, 3.63) is 63.9 Å².